The summed E-state index contributed by atoms with van der Waals surface area (Å²) < 4.78 is 0. The second kappa shape index (κ2) is 7.08. The van der Waals surface area contributed by atoms with E-state index in [9.17, 15) is 4.79 Å². The van der Waals surface area contributed by atoms with E-state index in [0.29, 0.717) is 5.92 Å². The van der Waals surface area contributed by atoms with E-state index in [0.717, 1.165) is 49.0 Å². The van der Waals surface area contributed by atoms with Crippen LogP contribution in [0.3, 0.4) is 0 Å². The lowest BCUT2D eigenvalue weighted by Gasteiger charge is -2.31. The fourth-order valence-electron chi connectivity index (χ4n) is 2.93. The molecular formula is C17H22N4OS. The topological polar surface area (TPSA) is 58.1 Å². The van der Waals surface area contributed by atoms with E-state index in [1.807, 2.05) is 30.2 Å². The third-order valence-electron chi connectivity index (χ3n) is 4.22. The summed E-state index contributed by atoms with van der Waals surface area (Å²) in [6.45, 7) is 5.43. The van der Waals surface area contributed by atoms with Gasteiger partial charge in [-0.1, -0.05) is 6.07 Å². The molecule has 6 heteroatoms. The van der Waals surface area contributed by atoms with Gasteiger partial charge in [0.2, 0.25) is 5.91 Å². The van der Waals surface area contributed by atoms with E-state index < -0.39 is 0 Å². The third-order valence-corrected chi connectivity index (χ3v) is 5.05. The van der Waals surface area contributed by atoms with Gasteiger partial charge in [0.25, 0.3) is 0 Å². The van der Waals surface area contributed by atoms with Gasteiger partial charge in [0.05, 0.1) is 0 Å². The first kappa shape index (κ1) is 15.9. The zero-order valence-electron chi connectivity index (χ0n) is 13.6. The number of rotatable bonds is 4. The Morgan fingerprint density at radius 3 is 2.83 bits per heavy atom. The van der Waals surface area contributed by atoms with Crippen molar-refractivity contribution in [2.75, 3.05) is 18.4 Å². The van der Waals surface area contributed by atoms with E-state index >= 15 is 0 Å². The number of nitrogens with one attached hydrogen (secondary N) is 1. The molecule has 0 atom stereocenters. The standard InChI is InChI=1S/C17H22N4OS/c1-12-11-18-17(23-12)20-16-5-3-4-15(19-16)10-14-6-8-21(9-7-14)13(2)22/h3-5,11,14H,6-10H2,1-2H3,(H,18,19,20). The van der Waals surface area contributed by atoms with Gasteiger partial charge < -0.3 is 10.2 Å². The lowest BCUT2D eigenvalue weighted by molar-refractivity contribution is -0.130. The summed E-state index contributed by atoms with van der Waals surface area (Å²) in [5.74, 6) is 1.64. The first-order valence-electron chi connectivity index (χ1n) is 8.01. The van der Waals surface area contributed by atoms with E-state index in [2.05, 4.69) is 16.4 Å². The van der Waals surface area contributed by atoms with Gasteiger partial charge in [-0.2, -0.15) is 0 Å². The SMILES string of the molecule is CC(=O)N1CCC(Cc2cccc(Nc3ncc(C)s3)n2)CC1. The molecule has 0 aromatic carbocycles. The molecule has 0 bridgehead atoms. The number of nitrogens with zero attached hydrogens (tertiary/aromatic N) is 3. The first-order valence-corrected chi connectivity index (χ1v) is 8.82. The predicted molar refractivity (Wildman–Crippen MR) is 93.1 cm³/mol. The van der Waals surface area contributed by atoms with Crippen molar-refractivity contribution in [1.82, 2.24) is 14.9 Å². The minimum Gasteiger partial charge on any atom is -0.343 e. The van der Waals surface area contributed by atoms with Gasteiger partial charge in [0.15, 0.2) is 5.13 Å². The third kappa shape index (κ3) is 4.28. The molecule has 2 aromatic heterocycles. The molecule has 0 spiro atoms. The number of hydrogen-bond donors (Lipinski definition) is 1. The summed E-state index contributed by atoms with van der Waals surface area (Å²) in [6.07, 6.45) is 4.95. The number of carbonyl (C=O) groups is 1. The Kier molecular flexibility index (Phi) is 4.91. The molecular weight excluding hydrogens is 308 g/mol. The fraction of sp³-hybridized carbons (Fsp3) is 0.471. The van der Waals surface area contributed by atoms with Crippen molar-refractivity contribution >= 4 is 28.2 Å². The van der Waals surface area contributed by atoms with Crippen molar-refractivity contribution in [2.24, 2.45) is 5.92 Å². The number of likely N-dealkylation sites (tertiary alicyclic amines) is 1. The summed E-state index contributed by atoms with van der Waals surface area (Å²) in [4.78, 5) is 23.5. The van der Waals surface area contributed by atoms with Crippen molar-refractivity contribution in [1.29, 1.82) is 0 Å². The van der Waals surface area contributed by atoms with E-state index in [1.165, 1.54) is 4.88 Å². The number of carbonyl (C=O) groups excluding carboxylic acids is 1. The minimum absolute atomic E-state index is 0.187. The van der Waals surface area contributed by atoms with Crippen LogP contribution in [-0.2, 0) is 11.2 Å². The molecule has 23 heavy (non-hydrogen) atoms. The highest BCUT2D eigenvalue weighted by Gasteiger charge is 2.21. The molecule has 1 N–H and O–H groups in total. The van der Waals surface area contributed by atoms with Gasteiger partial charge in [-0.15, -0.1) is 11.3 Å². The molecule has 2 aromatic rings. The van der Waals surface area contributed by atoms with Crippen LogP contribution in [0.4, 0.5) is 10.9 Å². The molecule has 1 saturated heterocycles. The predicted octanol–water partition coefficient (Wildman–Crippen LogP) is 3.39. The monoisotopic (exact) mass is 330 g/mol. The summed E-state index contributed by atoms with van der Waals surface area (Å²) in [7, 11) is 0. The number of anilines is 2. The smallest absolute Gasteiger partial charge is 0.219 e. The van der Waals surface area contributed by atoms with E-state index in [1.54, 1.807) is 18.3 Å². The molecule has 0 radical (unpaired) electrons. The van der Waals surface area contributed by atoms with Crippen LogP contribution in [0.1, 0.15) is 30.3 Å². The van der Waals surface area contributed by atoms with Crippen molar-refractivity contribution in [3.8, 4) is 0 Å². The number of amides is 1. The second-order valence-electron chi connectivity index (χ2n) is 6.07. The number of pyridine rings is 1. The van der Waals surface area contributed by atoms with Crippen LogP contribution in [0.2, 0.25) is 0 Å². The molecule has 1 fully saturated rings. The molecule has 122 valence electrons. The Balaban J connectivity index is 1.59. The van der Waals surface area contributed by atoms with Crippen LogP contribution in [-0.4, -0.2) is 33.9 Å². The van der Waals surface area contributed by atoms with Crippen molar-refractivity contribution in [2.45, 2.75) is 33.1 Å². The van der Waals surface area contributed by atoms with Crippen molar-refractivity contribution < 1.29 is 4.79 Å². The molecule has 0 unspecified atom stereocenters. The summed E-state index contributed by atoms with van der Waals surface area (Å²) in [5, 5.41) is 4.14. The summed E-state index contributed by atoms with van der Waals surface area (Å²) >= 11 is 1.63. The number of hydrogen-bond acceptors (Lipinski definition) is 5. The number of thiazole rings is 1. The van der Waals surface area contributed by atoms with Crippen LogP contribution < -0.4 is 5.32 Å². The molecule has 1 aliphatic rings. The van der Waals surface area contributed by atoms with Crippen LogP contribution in [0.5, 0.6) is 0 Å². The zero-order valence-corrected chi connectivity index (χ0v) is 14.4. The molecule has 3 rings (SSSR count). The maximum Gasteiger partial charge on any atom is 0.219 e. The van der Waals surface area contributed by atoms with E-state index in [-0.39, 0.29) is 5.91 Å². The Bertz CT molecular complexity index is 677. The second-order valence-corrected chi connectivity index (χ2v) is 7.30. The largest absolute Gasteiger partial charge is 0.343 e. The first-order chi connectivity index (χ1) is 11.1. The molecule has 0 aliphatic carbocycles. The van der Waals surface area contributed by atoms with Crippen LogP contribution in [0.25, 0.3) is 0 Å². The highest BCUT2D eigenvalue weighted by molar-refractivity contribution is 7.15. The zero-order chi connectivity index (χ0) is 16.2. The lowest BCUT2D eigenvalue weighted by atomic mass is 9.92. The molecule has 3 heterocycles. The summed E-state index contributed by atoms with van der Waals surface area (Å²) in [5.41, 5.74) is 1.10. The average Bonchev–Trinajstić information content (AvgIpc) is 2.93. The molecule has 1 aliphatic heterocycles. The van der Waals surface area contributed by atoms with E-state index in [4.69, 9.17) is 4.98 Å². The molecule has 5 nitrogen and oxygen atoms in total. The highest BCUT2D eigenvalue weighted by atomic mass is 32.1. The van der Waals surface area contributed by atoms with Gasteiger partial charge in [0, 0.05) is 36.8 Å². The maximum atomic E-state index is 11.4. The van der Waals surface area contributed by atoms with Gasteiger partial charge in [-0.25, -0.2) is 9.97 Å². The quantitative estimate of drug-likeness (QED) is 0.933. The fourth-order valence-corrected chi connectivity index (χ4v) is 3.60. The van der Waals surface area contributed by atoms with Crippen molar-refractivity contribution in [3.05, 3.63) is 35.0 Å². The summed E-state index contributed by atoms with van der Waals surface area (Å²) in [6, 6.07) is 6.09. The van der Waals surface area contributed by atoms with Gasteiger partial charge in [-0.05, 0) is 44.2 Å². The Labute approximate surface area is 140 Å². The van der Waals surface area contributed by atoms with Crippen LogP contribution in [0.15, 0.2) is 24.4 Å². The van der Waals surface area contributed by atoms with Gasteiger partial charge >= 0.3 is 0 Å². The Hall–Kier alpha value is -1.95. The maximum absolute atomic E-state index is 11.4. The Morgan fingerprint density at radius 1 is 1.39 bits per heavy atom. The van der Waals surface area contributed by atoms with Gasteiger partial charge in [0.1, 0.15) is 5.82 Å². The van der Waals surface area contributed by atoms with Crippen molar-refractivity contribution in [3.63, 3.8) is 0 Å². The number of piperidine rings is 1. The minimum atomic E-state index is 0.187. The molecule has 0 saturated carbocycles. The highest BCUT2D eigenvalue weighted by Crippen LogP contribution is 2.23. The van der Waals surface area contributed by atoms with Crippen LogP contribution >= 0.6 is 11.3 Å². The van der Waals surface area contributed by atoms with Gasteiger partial charge in [-0.3, -0.25) is 4.79 Å². The number of aryl methyl sites for hydroxylation is 1. The molecule has 1 amide bonds. The lowest BCUT2D eigenvalue weighted by Crippen LogP contribution is -2.37. The van der Waals surface area contributed by atoms with Crippen LogP contribution in [0, 0.1) is 12.8 Å². The average molecular weight is 330 g/mol. The normalized spacial score (nSPS) is 15.7. The number of aromatic nitrogens is 2. The Morgan fingerprint density at radius 2 is 2.17 bits per heavy atom.